The lowest BCUT2D eigenvalue weighted by atomic mass is 9.87. The fourth-order valence-electron chi connectivity index (χ4n) is 5.41. The van der Waals surface area contributed by atoms with Crippen molar-refractivity contribution in [2.24, 2.45) is 0 Å². The van der Waals surface area contributed by atoms with Gasteiger partial charge >= 0.3 is 6.03 Å². The molecular formula is C35H35N7O2. The molecule has 0 saturated heterocycles. The fourth-order valence-corrected chi connectivity index (χ4v) is 5.41. The highest BCUT2D eigenvalue weighted by Gasteiger charge is 2.20. The largest absolute Gasteiger partial charge is 0.495 e. The number of carbonyl (C=O) groups is 1. The molecule has 9 nitrogen and oxygen atoms in total. The number of rotatable bonds is 7. The Morgan fingerprint density at radius 1 is 0.864 bits per heavy atom. The molecule has 44 heavy (non-hydrogen) atoms. The number of benzene rings is 4. The number of nitrogens with one attached hydrogen (secondary N) is 2. The van der Waals surface area contributed by atoms with Gasteiger partial charge in [-0.1, -0.05) is 69.3 Å². The number of hydrogen-bond donors (Lipinski definition) is 2. The molecule has 0 aliphatic rings. The van der Waals surface area contributed by atoms with Crippen molar-refractivity contribution in [2.75, 3.05) is 29.2 Å². The molecule has 0 aliphatic heterocycles. The molecule has 2 heterocycles. The zero-order valence-electron chi connectivity index (χ0n) is 25.5. The molecule has 2 aromatic heterocycles. The summed E-state index contributed by atoms with van der Waals surface area (Å²) in [5.74, 6) is 1.34. The third-order valence-electron chi connectivity index (χ3n) is 7.68. The number of methoxy groups -OCH3 is 1. The Morgan fingerprint density at radius 3 is 2.32 bits per heavy atom. The molecule has 2 N–H and O–H groups in total. The van der Waals surface area contributed by atoms with Crippen LogP contribution in [0, 0.1) is 0 Å². The summed E-state index contributed by atoms with van der Waals surface area (Å²) < 4.78 is 7.48. The summed E-state index contributed by atoms with van der Waals surface area (Å²) >= 11 is 0. The number of para-hydroxylation sites is 1. The lowest BCUT2D eigenvalue weighted by Crippen LogP contribution is -2.21. The molecule has 222 valence electrons. The first kappa shape index (κ1) is 28.7. The number of imidazole rings is 1. The number of hydrogen-bond acceptors (Lipinski definition) is 6. The molecule has 9 heteroatoms. The monoisotopic (exact) mass is 585 g/mol. The van der Waals surface area contributed by atoms with Gasteiger partial charge in [0.05, 0.1) is 24.2 Å². The first-order valence-electron chi connectivity index (χ1n) is 14.6. The molecule has 0 radical (unpaired) electrons. The Kier molecular flexibility index (Phi) is 7.61. The minimum atomic E-state index is -0.363. The molecule has 0 aliphatic carbocycles. The Hall–Kier alpha value is -5.44. The summed E-state index contributed by atoms with van der Waals surface area (Å²) in [4.78, 5) is 29.4. The van der Waals surface area contributed by atoms with Crippen molar-refractivity contribution < 1.29 is 9.53 Å². The molecule has 0 atom stereocenters. The zero-order chi connectivity index (χ0) is 30.8. The van der Waals surface area contributed by atoms with E-state index in [1.54, 1.807) is 19.8 Å². The topological polar surface area (TPSA) is 97.2 Å². The summed E-state index contributed by atoms with van der Waals surface area (Å²) in [6.45, 7) is 9.20. The number of aromatic nitrogens is 4. The van der Waals surface area contributed by atoms with E-state index < -0.39 is 0 Å². The SMILES string of the molecule is CCN(c1ccccc1)c1ncnc2c1ncn2-c1ccc(NC(=O)Nc2cc(C(C)(C)C)ccc2OC)c2ccccc12. The van der Waals surface area contributed by atoms with Gasteiger partial charge in [0.15, 0.2) is 17.0 Å². The molecule has 0 saturated carbocycles. The highest BCUT2D eigenvalue weighted by molar-refractivity contribution is 6.08. The maximum atomic E-state index is 13.3. The highest BCUT2D eigenvalue weighted by atomic mass is 16.5. The minimum Gasteiger partial charge on any atom is -0.495 e. The van der Waals surface area contributed by atoms with Gasteiger partial charge in [-0.25, -0.2) is 19.7 Å². The van der Waals surface area contributed by atoms with Crippen LogP contribution in [0.2, 0.25) is 0 Å². The average molecular weight is 586 g/mol. The van der Waals surface area contributed by atoms with Gasteiger partial charge in [-0.2, -0.15) is 0 Å². The van der Waals surface area contributed by atoms with Gasteiger partial charge in [0.2, 0.25) is 0 Å². The quantitative estimate of drug-likeness (QED) is 0.197. The Labute approximate surface area is 256 Å². The third kappa shape index (κ3) is 5.40. The van der Waals surface area contributed by atoms with Crippen LogP contribution in [0.5, 0.6) is 5.75 Å². The summed E-state index contributed by atoms with van der Waals surface area (Å²) in [5, 5.41) is 7.84. The van der Waals surface area contributed by atoms with Crippen LogP contribution in [0.3, 0.4) is 0 Å². The summed E-state index contributed by atoms with van der Waals surface area (Å²) in [5.41, 5.74) is 5.62. The van der Waals surface area contributed by atoms with Gasteiger partial charge in [-0.15, -0.1) is 0 Å². The molecule has 0 bridgehead atoms. The van der Waals surface area contributed by atoms with Crippen molar-refractivity contribution in [3.8, 4) is 11.4 Å². The zero-order valence-corrected chi connectivity index (χ0v) is 25.5. The van der Waals surface area contributed by atoms with Crippen LogP contribution in [0.4, 0.5) is 27.7 Å². The predicted molar refractivity (Wildman–Crippen MR) is 178 cm³/mol. The minimum absolute atomic E-state index is 0.0786. The van der Waals surface area contributed by atoms with E-state index in [0.717, 1.165) is 40.1 Å². The second-order valence-corrected chi connectivity index (χ2v) is 11.5. The van der Waals surface area contributed by atoms with Gasteiger partial charge in [0, 0.05) is 23.0 Å². The predicted octanol–water partition coefficient (Wildman–Crippen LogP) is 8.08. The van der Waals surface area contributed by atoms with E-state index in [0.29, 0.717) is 28.3 Å². The first-order valence-corrected chi connectivity index (χ1v) is 14.6. The number of fused-ring (bicyclic) bond motifs is 2. The van der Waals surface area contributed by atoms with Gasteiger partial charge in [-0.05, 0) is 54.3 Å². The highest BCUT2D eigenvalue weighted by Crippen LogP contribution is 2.35. The van der Waals surface area contributed by atoms with Gasteiger partial charge in [0.1, 0.15) is 18.4 Å². The van der Waals surface area contributed by atoms with E-state index in [-0.39, 0.29) is 11.4 Å². The summed E-state index contributed by atoms with van der Waals surface area (Å²) in [6, 6.07) is 27.4. The van der Waals surface area contributed by atoms with E-state index in [2.05, 4.69) is 65.3 Å². The number of ether oxygens (including phenoxy) is 1. The molecule has 0 unspecified atom stereocenters. The van der Waals surface area contributed by atoms with E-state index in [1.165, 1.54) is 0 Å². The molecule has 6 rings (SSSR count). The third-order valence-corrected chi connectivity index (χ3v) is 7.68. The maximum Gasteiger partial charge on any atom is 0.323 e. The first-order chi connectivity index (χ1) is 21.3. The van der Waals surface area contributed by atoms with Gasteiger partial charge in [-0.3, -0.25) is 4.57 Å². The van der Waals surface area contributed by atoms with Crippen molar-refractivity contribution in [1.29, 1.82) is 0 Å². The van der Waals surface area contributed by atoms with Gasteiger partial charge < -0.3 is 20.3 Å². The van der Waals surface area contributed by atoms with E-state index in [9.17, 15) is 4.79 Å². The normalized spacial score (nSPS) is 11.5. The van der Waals surface area contributed by atoms with Crippen molar-refractivity contribution in [1.82, 2.24) is 19.5 Å². The van der Waals surface area contributed by atoms with Crippen LogP contribution < -0.4 is 20.3 Å². The van der Waals surface area contributed by atoms with E-state index in [1.807, 2.05) is 77.4 Å². The summed E-state index contributed by atoms with van der Waals surface area (Å²) in [7, 11) is 1.59. The molecule has 4 aromatic carbocycles. The van der Waals surface area contributed by atoms with Crippen LogP contribution in [0.25, 0.3) is 27.6 Å². The van der Waals surface area contributed by atoms with Crippen LogP contribution in [-0.4, -0.2) is 39.2 Å². The van der Waals surface area contributed by atoms with Crippen molar-refractivity contribution in [3.63, 3.8) is 0 Å². The number of urea groups is 1. The number of nitrogens with zero attached hydrogens (tertiary/aromatic N) is 5. The molecule has 0 spiro atoms. The molecule has 2 amide bonds. The van der Waals surface area contributed by atoms with Gasteiger partial charge in [0.25, 0.3) is 0 Å². The average Bonchev–Trinajstić information content (AvgIpc) is 3.46. The van der Waals surface area contributed by atoms with Crippen molar-refractivity contribution >= 4 is 50.8 Å². The van der Waals surface area contributed by atoms with Crippen LogP contribution >= 0.6 is 0 Å². The Morgan fingerprint density at radius 2 is 1.59 bits per heavy atom. The molecule has 6 aromatic rings. The van der Waals surface area contributed by atoms with Crippen LogP contribution in [-0.2, 0) is 5.41 Å². The standard InChI is InChI=1S/C35H35N7O2/c1-6-41(24-12-8-7-9-13-24)32-31-33(37-21-36-32)42(22-38-31)29-18-17-27(25-14-10-11-15-26(25)29)39-34(43)40-28-20-23(35(2,3)4)16-19-30(28)44-5/h7-22H,6H2,1-5H3,(H2,39,40,43). The fraction of sp³-hybridized carbons (Fsp3) is 0.200. The Bertz CT molecular complexity index is 1960. The Balaban J connectivity index is 1.35. The maximum absolute atomic E-state index is 13.3. The number of anilines is 4. The van der Waals surface area contributed by atoms with Crippen LogP contribution in [0.1, 0.15) is 33.3 Å². The lowest BCUT2D eigenvalue weighted by molar-refractivity contribution is 0.262. The van der Waals surface area contributed by atoms with Crippen LogP contribution in [0.15, 0.2) is 97.6 Å². The smallest absolute Gasteiger partial charge is 0.323 e. The van der Waals surface area contributed by atoms with E-state index in [4.69, 9.17) is 9.72 Å². The molecular weight excluding hydrogens is 550 g/mol. The second kappa shape index (κ2) is 11.7. The lowest BCUT2D eigenvalue weighted by Gasteiger charge is -2.22. The van der Waals surface area contributed by atoms with E-state index >= 15 is 0 Å². The van der Waals surface area contributed by atoms with Crippen molar-refractivity contribution in [3.05, 3.63) is 103 Å². The number of amides is 2. The molecule has 0 fully saturated rings. The number of carbonyl (C=O) groups excluding carboxylic acids is 1. The summed E-state index contributed by atoms with van der Waals surface area (Å²) in [6.07, 6.45) is 3.35. The van der Waals surface area contributed by atoms with Crippen molar-refractivity contribution in [2.45, 2.75) is 33.1 Å². The second-order valence-electron chi connectivity index (χ2n) is 11.5.